The first-order chi connectivity index (χ1) is 12.9. The summed E-state index contributed by atoms with van der Waals surface area (Å²) >= 11 is 0. The Morgan fingerprint density at radius 3 is 2.81 bits per heavy atom. The van der Waals surface area contributed by atoms with Crippen molar-refractivity contribution < 1.29 is 14.3 Å². The molecule has 1 aliphatic heterocycles. The van der Waals surface area contributed by atoms with Crippen LogP contribution in [0.1, 0.15) is 43.2 Å². The molecule has 27 heavy (non-hydrogen) atoms. The molecule has 1 aromatic rings. The highest BCUT2D eigenvalue weighted by Gasteiger charge is 2.25. The monoisotopic (exact) mass is 370 g/mol. The van der Waals surface area contributed by atoms with E-state index in [-0.39, 0.29) is 24.3 Å². The number of ketones is 1. The van der Waals surface area contributed by atoms with Gasteiger partial charge in [0.15, 0.2) is 5.78 Å². The van der Waals surface area contributed by atoms with Crippen LogP contribution < -0.4 is 10.2 Å². The van der Waals surface area contributed by atoms with Gasteiger partial charge in [0.2, 0.25) is 0 Å². The number of amides is 1. The zero-order valence-electron chi connectivity index (χ0n) is 16.3. The van der Waals surface area contributed by atoms with Crippen molar-refractivity contribution in [1.29, 1.82) is 0 Å². The van der Waals surface area contributed by atoms with Crippen molar-refractivity contribution in [2.24, 2.45) is 0 Å². The lowest BCUT2D eigenvalue weighted by Crippen LogP contribution is -2.44. The predicted octanol–water partition coefficient (Wildman–Crippen LogP) is 1.98. The maximum atomic E-state index is 12.7. The summed E-state index contributed by atoms with van der Waals surface area (Å²) in [5.41, 5.74) is 3.68. The topological polar surface area (TPSA) is 84.4 Å². The van der Waals surface area contributed by atoms with Gasteiger partial charge in [0, 0.05) is 30.6 Å². The van der Waals surface area contributed by atoms with Gasteiger partial charge < -0.3 is 15.0 Å². The van der Waals surface area contributed by atoms with Gasteiger partial charge in [0.25, 0.3) is 5.91 Å². The van der Waals surface area contributed by atoms with Crippen LogP contribution in [0.5, 0.6) is 0 Å². The van der Waals surface area contributed by atoms with Crippen LogP contribution in [0, 0.1) is 6.92 Å². The number of hydrogen-bond donors (Lipinski definition) is 1. The zero-order valence-corrected chi connectivity index (χ0v) is 16.3. The van der Waals surface area contributed by atoms with E-state index in [0.717, 1.165) is 29.1 Å². The number of carbonyl (C=O) groups excluding carboxylic acids is 2. The summed E-state index contributed by atoms with van der Waals surface area (Å²) in [5.74, 6) is 0.528. The molecule has 0 unspecified atom stereocenters. The van der Waals surface area contributed by atoms with E-state index >= 15 is 0 Å². The van der Waals surface area contributed by atoms with Gasteiger partial charge in [-0.3, -0.25) is 9.59 Å². The molecular weight excluding hydrogens is 344 g/mol. The Kier molecular flexibility index (Phi) is 5.70. The number of allylic oxidation sites excluding steroid dienone is 3. The summed E-state index contributed by atoms with van der Waals surface area (Å²) in [5, 5.41) is 2.85. The van der Waals surface area contributed by atoms with Crippen LogP contribution in [0.2, 0.25) is 0 Å². The molecule has 0 aromatic carbocycles. The van der Waals surface area contributed by atoms with E-state index in [1.807, 2.05) is 26.8 Å². The van der Waals surface area contributed by atoms with Crippen LogP contribution in [0.15, 0.2) is 29.1 Å². The Morgan fingerprint density at radius 1 is 1.33 bits per heavy atom. The molecule has 144 valence electrons. The lowest BCUT2D eigenvalue weighted by Gasteiger charge is -2.35. The summed E-state index contributed by atoms with van der Waals surface area (Å²) < 4.78 is 5.48. The van der Waals surface area contributed by atoms with E-state index in [1.54, 1.807) is 0 Å². The molecule has 7 heteroatoms. The fourth-order valence-corrected chi connectivity index (χ4v) is 3.58. The number of ether oxygens (including phenoxy) is 1. The molecule has 1 fully saturated rings. The highest BCUT2D eigenvalue weighted by molar-refractivity contribution is 6.01. The molecule has 0 saturated carbocycles. The van der Waals surface area contributed by atoms with Crippen molar-refractivity contribution in [3.05, 3.63) is 40.4 Å². The number of morpholine rings is 1. The molecule has 2 heterocycles. The number of hydrogen-bond acceptors (Lipinski definition) is 6. The second-order valence-electron chi connectivity index (χ2n) is 7.22. The van der Waals surface area contributed by atoms with Crippen molar-refractivity contribution >= 4 is 17.5 Å². The van der Waals surface area contributed by atoms with Crippen LogP contribution >= 0.6 is 0 Å². The number of Topliss-reactive ketones (excluding diaryl/α,β-unsaturated/α-hetero) is 1. The number of carbonyl (C=O) groups is 2. The first-order valence-corrected chi connectivity index (χ1v) is 9.22. The fraction of sp³-hybridized carbons (Fsp3) is 0.500. The first kappa shape index (κ1) is 19.2. The number of aromatic nitrogens is 2. The Bertz CT molecular complexity index is 829. The van der Waals surface area contributed by atoms with E-state index in [4.69, 9.17) is 4.74 Å². The molecule has 1 amide bonds. The average molecular weight is 370 g/mol. The van der Waals surface area contributed by atoms with E-state index in [1.165, 1.54) is 6.33 Å². The third kappa shape index (κ3) is 4.08. The summed E-state index contributed by atoms with van der Waals surface area (Å²) in [6, 6.07) is 0.186. The maximum Gasteiger partial charge on any atom is 0.270 e. The summed E-state index contributed by atoms with van der Waals surface area (Å²) in [4.78, 5) is 35.6. The molecule has 1 atom stereocenters. The highest BCUT2D eigenvalue weighted by atomic mass is 16.5. The smallest absolute Gasteiger partial charge is 0.270 e. The minimum absolute atomic E-state index is 0.0649. The van der Waals surface area contributed by atoms with E-state index in [2.05, 4.69) is 27.1 Å². The van der Waals surface area contributed by atoms with Crippen LogP contribution in [0.4, 0.5) is 5.82 Å². The van der Waals surface area contributed by atoms with Gasteiger partial charge >= 0.3 is 0 Å². The second-order valence-corrected chi connectivity index (χ2v) is 7.22. The number of rotatable bonds is 4. The molecule has 2 aliphatic rings. The van der Waals surface area contributed by atoms with Crippen molar-refractivity contribution in [2.75, 3.05) is 31.2 Å². The lowest BCUT2D eigenvalue weighted by molar-refractivity contribution is -0.115. The molecule has 0 radical (unpaired) electrons. The Balaban J connectivity index is 1.77. The molecule has 1 aliphatic carbocycles. The maximum absolute atomic E-state index is 12.7. The molecular formula is C20H26N4O3. The largest absolute Gasteiger partial charge is 0.377 e. The molecule has 1 N–H and O–H groups in total. The number of anilines is 1. The van der Waals surface area contributed by atoms with Crippen LogP contribution in [-0.2, 0) is 9.53 Å². The summed E-state index contributed by atoms with van der Waals surface area (Å²) in [7, 11) is 0. The normalized spacial score (nSPS) is 20.6. The Morgan fingerprint density at radius 2 is 2.11 bits per heavy atom. The SMILES string of the molecule is CC1=CC(C)=C(CNC(=O)c2ncnc(N3CCOC[C@@H]3C)c2C)C(=O)C1. The van der Waals surface area contributed by atoms with Crippen LogP contribution in [0.25, 0.3) is 0 Å². The van der Waals surface area contributed by atoms with Gasteiger partial charge in [0.05, 0.1) is 19.3 Å². The Hall–Kier alpha value is -2.54. The molecule has 3 rings (SSSR count). The van der Waals surface area contributed by atoms with Crippen molar-refractivity contribution in [1.82, 2.24) is 15.3 Å². The van der Waals surface area contributed by atoms with Crippen molar-refractivity contribution in [3.63, 3.8) is 0 Å². The van der Waals surface area contributed by atoms with E-state index in [9.17, 15) is 9.59 Å². The highest BCUT2D eigenvalue weighted by Crippen LogP contribution is 2.23. The van der Waals surface area contributed by atoms with E-state index in [0.29, 0.717) is 30.9 Å². The molecule has 1 saturated heterocycles. The second kappa shape index (κ2) is 8.00. The van der Waals surface area contributed by atoms with Crippen molar-refractivity contribution in [3.8, 4) is 0 Å². The van der Waals surface area contributed by atoms with Gasteiger partial charge in [-0.1, -0.05) is 11.6 Å². The van der Waals surface area contributed by atoms with Crippen LogP contribution in [0.3, 0.4) is 0 Å². The minimum atomic E-state index is -0.295. The molecule has 1 aromatic heterocycles. The van der Waals surface area contributed by atoms with Gasteiger partial charge in [0.1, 0.15) is 17.8 Å². The minimum Gasteiger partial charge on any atom is -0.377 e. The average Bonchev–Trinajstić information content (AvgIpc) is 2.61. The number of nitrogens with zero attached hydrogens (tertiary/aromatic N) is 3. The van der Waals surface area contributed by atoms with Gasteiger partial charge in [-0.2, -0.15) is 0 Å². The fourth-order valence-electron chi connectivity index (χ4n) is 3.58. The van der Waals surface area contributed by atoms with Crippen molar-refractivity contribution in [2.45, 2.75) is 40.2 Å². The molecule has 0 spiro atoms. The number of nitrogens with one attached hydrogen (secondary N) is 1. The lowest BCUT2D eigenvalue weighted by atomic mass is 9.92. The van der Waals surface area contributed by atoms with Gasteiger partial charge in [-0.25, -0.2) is 9.97 Å². The summed E-state index contributed by atoms with van der Waals surface area (Å²) in [6.07, 6.45) is 3.83. The third-order valence-electron chi connectivity index (χ3n) is 5.05. The summed E-state index contributed by atoms with van der Waals surface area (Å²) in [6.45, 7) is 9.97. The standard InChI is InChI=1S/C20H26N4O3/c1-12-7-13(2)16(17(25)8-12)9-21-20(26)18-15(4)19(23-11-22-18)24-5-6-27-10-14(24)3/h7,11,14H,5-6,8-10H2,1-4H3,(H,21,26)/t14-/m0/s1. The Labute approximate surface area is 159 Å². The van der Waals surface area contributed by atoms with Gasteiger partial charge in [-0.05, 0) is 33.3 Å². The predicted molar refractivity (Wildman–Crippen MR) is 103 cm³/mol. The first-order valence-electron chi connectivity index (χ1n) is 9.22. The van der Waals surface area contributed by atoms with Crippen LogP contribution in [-0.4, -0.2) is 54.0 Å². The zero-order chi connectivity index (χ0) is 19.6. The third-order valence-corrected chi connectivity index (χ3v) is 5.05. The quantitative estimate of drug-likeness (QED) is 0.872. The van der Waals surface area contributed by atoms with Gasteiger partial charge in [-0.15, -0.1) is 0 Å². The van der Waals surface area contributed by atoms with E-state index < -0.39 is 0 Å². The molecule has 7 nitrogen and oxygen atoms in total. The molecule has 0 bridgehead atoms.